The largest absolute Gasteiger partial charge is 0.329 e. The maximum Gasteiger partial charge on any atom is 0.243 e. The van der Waals surface area contributed by atoms with E-state index in [9.17, 15) is 8.42 Å². The summed E-state index contributed by atoms with van der Waals surface area (Å²) in [5, 5.41) is 0. The van der Waals surface area contributed by atoms with E-state index in [2.05, 4.69) is 28.1 Å². The molecule has 6 heteroatoms. The van der Waals surface area contributed by atoms with Crippen LogP contribution < -0.4 is 4.90 Å². The Morgan fingerprint density at radius 2 is 1.75 bits per heavy atom. The molecule has 24 heavy (non-hydrogen) atoms. The number of sulfonamides is 1. The van der Waals surface area contributed by atoms with Crippen LogP contribution in [0.1, 0.15) is 11.1 Å². The topological polar surface area (TPSA) is 41.8 Å². The highest BCUT2D eigenvalue weighted by Gasteiger charge is 2.30. The minimum atomic E-state index is -3.37. The summed E-state index contributed by atoms with van der Waals surface area (Å²) in [6.07, 6.45) is 0. The number of aryl methyl sites for hydroxylation is 1. The Morgan fingerprint density at radius 1 is 1.08 bits per heavy atom. The van der Waals surface area contributed by atoms with Crippen molar-refractivity contribution in [3.63, 3.8) is 0 Å². The number of nitrogens with one attached hydrogen (secondary N) is 1. The molecule has 2 aromatic rings. The Bertz CT molecular complexity index is 798. The van der Waals surface area contributed by atoms with Gasteiger partial charge in [0.25, 0.3) is 0 Å². The summed E-state index contributed by atoms with van der Waals surface area (Å²) in [5.74, 6) is 0. The Hall–Kier alpha value is -1.21. The first kappa shape index (κ1) is 17.6. The normalized spacial score (nSPS) is 17.1. The van der Waals surface area contributed by atoms with Crippen LogP contribution in [0.4, 0.5) is 0 Å². The van der Waals surface area contributed by atoms with E-state index in [4.69, 9.17) is 0 Å². The van der Waals surface area contributed by atoms with Crippen LogP contribution in [0.25, 0.3) is 0 Å². The van der Waals surface area contributed by atoms with E-state index < -0.39 is 10.0 Å². The molecule has 1 fully saturated rings. The van der Waals surface area contributed by atoms with Crippen LogP contribution in [-0.2, 0) is 16.6 Å². The van der Waals surface area contributed by atoms with Crippen LogP contribution in [0.5, 0.6) is 0 Å². The number of rotatable bonds is 4. The minimum absolute atomic E-state index is 0.392. The third-order valence-corrected chi connectivity index (χ3v) is 6.84. The average Bonchev–Trinajstić information content (AvgIpc) is 2.56. The Kier molecular flexibility index (Phi) is 5.39. The molecule has 4 nitrogen and oxygen atoms in total. The lowest BCUT2D eigenvalue weighted by atomic mass is 10.2. The lowest BCUT2D eigenvalue weighted by Gasteiger charge is -2.31. The summed E-state index contributed by atoms with van der Waals surface area (Å²) in [5.41, 5.74) is 2.34. The summed E-state index contributed by atoms with van der Waals surface area (Å²) >= 11 is 3.50. The quantitative estimate of drug-likeness (QED) is 0.836. The standard InChI is InChI=1S/C18H21BrN2O2S/c1-15-5-7-18(8-6-15)24(22,23)21-11-9-20(10-12-21)14-16-3-2-4-17(19)13-16/h2-8,13H,9-12,14H2,1H3/p+1. The summed E-state index contributed by atoms with van der Waals surface area (Å²) in [7, 11) is -3.37. The molecule has 0 spiro atoms. The summed E-state index contributed by atoms with van der Waals surface area (Å²) in [6, 6.07) is 15.4. The van der Waals surface area contributed by atoms with Crippen LogP contribution in [0, 0.1) is 6.92 Å². The van der Waals surface area contributed by atoms with Gasteiger partial charge >= 0.3 is 0 Å². The van der Waals surface area contributed by atoms with Gasteiger partial charge in [-0.05, 0) is 31.2 Å². The van der Waals surface area contributed by atoms with Gasteiger partial charge in [0, 0.05) is 10.0 Å². The van der Waals surface area contributed by atoms with Crippen molar-refractivity contribution >= 4 is 26.0 Å². The second-order valence-corrected chi connectivity index (χ2v) is 9.13. The number of nitrogens with zero attached hydrogens (tertiary/aromatic N) is 1. The van der Waals surface area contributed by atoms with Gasteiger partial charge in [-0.1, -0.05) is 45.8 Å². The van der Waals surface area contributed by atoms with Gasteiger partial charge in [0.1, 0.15) is 6.54 Å². The fourth-order valence-electron chi connectivity index (χ4n) is 3.01. The van der Waals surface area contributed by atoms with Crippen molar-refractivity contribution < 1.29 is 13.3 Å². The molecule has 1 heterocycles. The van der Waals surface area contributed by atoms with E-state index in [1.807, 2.05) is 31.2 Å². The highest BCUT2D eigenvalue weighted by atomic mass is 79.9. The smallest absolute Gasteiger partial charge is 0.243 e. The van der Waals surface area contributed by atoms with Crippen LogP contribution in [0.2, 0.25) is 0 Å². The first-order valence-corrected chi connectivity index (χ1v) is 10.3. The van der Waals surface area contributed by atoms with Crippen molar-refractivity contribution in [2.24, 2.45) is 0 Å². The second-order valence-electron chi connectivity index (χ2n) is 6.27. The van der Waals surface area contributed by atoms with Crippen molar-refractivity contribution in [2.75, 3.05) is 26.2 Å². The molecule has 3 rings (SSSR count). The molecular weight excluding hydrogens is 388 g/mol. The van der Waals surface area contributed by atoms with Crippen LogP contribution >= 0.6 is 15.9 Å². The van der Waals surface area contributed by atoms with E-state index in [1.165, 1.54) is 10.5 Å². The first-order valence-electron chi connectivity index (χ1n) is 8.10. The summed E-state index contributed by atoms with van der Waals surface area (Å²) < 4.78 is 28.1. The zero-order valence-corrected chi connectivity index (χ0v) is 16.1. The Labute approximate surface area is 152 Å². The average molecular weight is 410 g/mol. The van der Waals surface area contributed by atoms with Crippen molar-refractivity contribution in [1.82, 2.24) is 4.31 Å². The zero-order chi connectivity index (χ0) is 17.2. The molecule has 128 valence electrons. The van der Waals surface area contributed by atoms with Gasteiger partial charge in [-0.3, -0.25) is 0 Å². The van der Waals surface area contributed by atoms with E-state index in [1.54, 1.807) is 16.4 Å². The molecule has 2 aromatic carbocycles. The van der Waals surface area contributed by atoms with Gasteiger partial charge in [0.2, 0.25) is 10.0 Å². The van der Waals surface area contributed by atoms with Gasteiger partial charge in [-0.2, -0.15) is 4.31 Å². The third-order valence-electron chi connectivity index (χ3n) is 4.43. The number of hydrogen-bond acceptors (Lipinski definition) is 2. The number of quaternary nitrogens is 1. The molecule has 0 radical (unpaired) electrons. The molecule has 1 saturated heterocycles. The van der Waals surface area contributed by atoms with Crippen molar-refractivity contribution in [2.45, 2.75) is 18.4 Å². The number of benzene rings is 2. The SMILES string of the molecule is Cc1ccc(S(=O)(=O)N2CC[NH+](Cc3cccc(Br)c3)CC2)cc1. The number of piperazine rings is 1. The highest BCUT2D eigenvalue weighted by molar-refractivity contribution is 9.10. The molecule has 0 unspecified atom stereocenters. The molecule has 0 bridgehead atoms. The lowest BCUT2D eigenvalue weighted by Crippen LogP contribution is -3.13. The van der Waals surface area contributed by atoms with E-state index in [0.717, 1.165) is 29.7 Å². The predicted octanol–water partition coefficient (Wildman–Crippen LogP) is 1.85. The van der Waals surface area contributed by atoms with Crippen LogP contribution in [-0.4, -0.2) is 38.9 Å². The molecule has 0 amide bonds. The summed E-state index contributed by atoms with van der Waals surface area (Å²) in [6.45, 7) is 5.69. The lowest BCUT2D eigenvalue weighted by molar-refractivity contribution is -0.917. The van der Waals surface area contributed by atoms with E-state index in [-0.39, 0.29) is 0 Å². The van der Waals surface area contributed by atoms with Crippen molar-refractivity contribution in [3.8, 4) is 0 Å². The maximum absolute atomic E-state index is 12.7. The fourth-order valence-corrected chi connectivity index (χ4v) is 4.90. The molecule has 0 atom stereocenters. The monoisotopic (exact) mass is 409 g/mol. The molecule has 0 saturated carbocycles. The maximum atomic E-state index is 12.7. The van der Waals surface area contributed by atoms with Gasteiger partial charge in [-0.25, -0.2) is 8.42 Å². The van der Waals surface area contributed by atoms with Crippen molar-refractivity contribution in [1.29, 1.82) is 0 Å². The molecule has 0 aromatic heterocycles. The second kappa shape index (κ2) is 7.35. The van der Waals surface area contributed by atoms with Gasteiger partial charge in [0.15, 0.2) is 0 Å². The highest BCUT2D eigenvalue weighted by Crippen LogP contribution is 2.16. The Balaban J connectivity index is 1.63. The molecule has 0 aliphatic carbocycles. The first-order chi connectivity index (χ1) is 11.4. The zero-order valence-electron chi connectivity index (χ0n) is 13.7. The molecular formula is C18H22BrN2O2S+. The molecule has 1 aliphatic rings. The van der Waals surface area contributed by atoms with Gasteiger partial charge < -0.3 is 4.90 Å². The Morgan fingerprint density at radius 3 is 2.38 bits per heavy atom. The molecule has 1 N–H and O–H groups in total. The van der Waals surface area contributed by atoms with Crippen molar-refractivity contribution in [3.05, 3.63) is 64.1 Å². The molecule has 1 aliphatic heterocycles. The number of halogens is 1. The van der Waals surface area contributed by atoms with Crippen LogP contribution in [0.3, 0.4) is 0 Å². The van der Waals surface area contributed by atoms with Gasteiger partial charge in [-0.15, -0.1) is 0 Å². The minimum Gasteiger partial charge on any atom is -0.329 e. The number of hydrogen-bond donors (Lipinski definition) is 1. The fraction of sp³-hybridized carbons (Fsp3) is 0.333. The van der Waals surface area contributed by atoms with E-state index in [0.29, 0.717) is 18.0 Å². The van der Waals surface area contributed by atoms with Gasteiger partial charge in [0.05, 0.1) is 31.1 Å². The summed E-state index contributed by atoms with van der Waals surface area (Å²) in [4.78, 5) is 1.81. The van der Waals surface area contributed by atoms with Crippen LogP contribution in [0.15, 0.2) is 57.9 Å². The third kappa shape index (κ3) is 4.06. The van der Waals surface area contributed by atoms with E-state index >= 15 is 0 Å². The predicted molar refractivity (Wildman–Crippen MR) is 98.5 cm³/mol.